The highest BCUT2D eigenvalue weighted by Gasteiger charge is 2.12. The van der Waals surface area contributed by atoms with Crippen LogP contribution in [0.15, 0.2) is 90.2 Å². The average Bonchev–Trinajstić information content (AvgIpc) is 3.24. The van der Waals surface area contributed by atoms with Crippen LogP contribution in [-0.4, -0.2) is 31.9 Å². The van der Waals surface area contributed by atoms with Gasteiger partial charge in [0.05, 0.1) is 16.8 Å². The summed E-state index contributed by atoms with van der Waals surface area (Å²) in [5.41, 5.74) is 5.55. The number of phenolic OH excluding ortho intramolecular Hbond substituents is 1. The Bertz CT molecular complexity index is 1280. The van der Waals surface area contributed by atoms with Crippen molar-refractivity contribution in [2.24, 2.45) is 5.10 Å². The molecular weight excluding hydrogens is 410 g/mol. The van der Waals surface area contributed by atoms with Gasteiger partial charge < -0.3 is 5.11 Å². The van der Waals surface area contributed by atoms with Crippen molar-refractivity contribution in [2.75, 3.05) is 0 Å². The Kier molecular flexibility index (Phi) is 5.71. The number of benzene rings is 3. The molecule has 0 aliphatic rings. The van der Waals surface area contributed by atoms with E-state index >= 15 is 0 Å². The number of aromatic hydroxyl groups is 1. The van der Waals surface area contributed by atoms with Gasteiger partial charge in [0.25, 0.3) is 11.6 Å². The van der Waals surface area contributed by atoms with Gasteiger partial charge in [-0.1, -0.05) is 30.3 Å². The molecule has 1 heterocycles. The van der Waals surface area contributed by atoms with Gasteiger partial charge in [-0.25, -0.2) is 10.1 Å². The molecule has 9 nitrogen and oxygen atoms in total. The average molecular weight is 427 g/mol. The zero-order chi connectivity index (χ0) is 22.5. The number of hydrazone groups is 1. The number of aromatic nitrogens is 2. The number of hydrogen-bond acceptors (Lipinski definition) is 6. The molecule has 2 N–H and O–H groups in total. The zero-order valence-corrected chi connectivity index (χ0v) is 16.6. The first-order valence-electron chi connectivity index (χ1n) is 9.53. The van der Waals surface area contributed by atoms with Gasteiger partial charge in [0, 0.05) is 35.0 Å². The Labute approximate surface area is 182 Å². The Morgan fingerprint density at radius 1 is 1.03 bits per heavy atom. The molecule has 4 aromatic rings. The fourth-order valence-electron chi connectivity index (χ4n) is 3.00. The quantitative estimate of drug-likeness (QED) is 0.274. The van der Waals surface area contributed by atoms with Crippen molar-refractivity contribution in [3.05, 3.63) is 106 Å². The van der Waals surface area contributed by atoms with Gasteiger partial charge >= 0.3 is 0 Å². The summed E-state index contributed by atoms with van der Waals surface area (Å²) in [7, 11) is 0. The number of nitro benzene ring substituents is 1. The van der Waals surface area contributed by atoms with Crippen molar-refractivity contribution in [1.29, 1.82) is 0 Å². The number of phenols is 1. The first-order valence-corrected chi connectivity index (χ1v) is 9.53. The van der Waals surface area contributed by atoms with E-state index in [0.29, 0.717) is 22.5 Å². The van der Waals surface area contributed by atoms with Crippen molar-refractivity contribution in [2.45, 2.75) is 0 Å². The molecule has 1 amide bonds. The summed E-state index contributed by atoms with van der Waals surface area (Å²) in [6.07, 6.45) is 3.20. The van der Waals surface area contributed by atoms with E-state index in [9.17, 15) is 20.0 Å². The van der Waals surface area contributed by atoms with Crippen LogP contribution in [0, 0.1) is 10.1 Å². The molecule has 0 atom stereocenters. The van der Waals surface area contributed by atoms with Crippen LogP contribution in [-0.2, 0) is 0 Å². The standard InChI is InChI=1S/C23H17N5O4/c29-21-12-6-17(7-13-21)23(30)25-24-14-18-15-27(19-8-10-20(11-9-19)28(31)32)26-22(18)16-4-2-1-3-5-16/h1-15,29H,(H,25,30). The number of nitro groups is 1. The molecule has 0 aliphatic carbocycles. The van der Waals surface area contributed by atoms with Gasteiger partial charge in [-0.05, 0) is 36.4 Å². The van der Waals surface area contributed by atoms with Crippen molar-refractivity contribution in [3.8, 4) is 22.7 Å². The number of non-ortho nitro benzene ring substituents is 1. The Morgan fingerprint density at radius 2 is 1.72 bits per heavy atom. The van der Waals surface area contributed by atoms with Crippen LogP contribution >= 0.6 is 0 Å². The first kappa shape index (κ1) is 20.5. The van der Waals surface area contributed by atoms with Crippen molar-refractivity contribution < 1.29 is 14.8 Å². The molecule has 0 bridgehead atoms. The van der Waals surface area contributed by atoms with Crippen molar-refractivity contribution in [3.63, 3.8) is 0 Å². The fraction of sp³-hybridized carbons (Fsp3) is 0. The molecule has 0 radical (unpaired) electrons. The largest absolute Gasteiger partial charge is 0.508 e. The molecular formula is C23H17N5O4. The maximum absolute atomic E-state index is 12.2. The van der Waals surface area contributed by atoms with Crippen LogP contribution in [0.1, 0.15) is 15.9 Å². The molecule has 32 heavy (non-hydrogen) atoms. The van der Waals surface area contributed by atoms with Crippen LogP contribution in [0.2, 0.25) is 0 Å². The molecule has 0 fully saturated rings. The summed E-state index contributed by atoms with van der Waals surface area (Å²) in [5.74, 6) is -0.360. The predicted octanol–water partition coefficient (Wildman–Crippen LogP) is 3.92. The zero-order valence-electron chi connectivity index (χ0n) is 16.6. The number of amides is 1. The van der Waals surface area contributed by atoms with Gasteiger partial charge in [0.15, 0.2) is 0 Å². The normalized spacial score (nSPS) is 10.9. The molecule has 3 aromatic carbocycles. The number of nitrogens with one attached hydrogen (secondary N) is 1. The lowest BCUT2D eigenvalue weighted by atomic mass is 10.1. The summed E-state index contributed by atoms with van der Waals surface area (Å²) in [4.78, 5) is 22.7. The molecule has 0 aliphatic heterocycles. The highest BCUT2D eigenvalue weighted by molar-refractivity contribution is 5.95. The van der Waals surface area contributed by atoms with Crippen LogP contribution in [0.3, 0.4) is 0 Å². The number of carbonyl (C=O) groups excluding carboxylic acids is 1. The lowest BCUT2D eigenvalue weighted by molar-refractivity contribution is -0.384. The molecule has 4 rings (SSSR count). The molecule has 0 spiro atoms. The Morgan fingerprint density at radius 3 is 2.38 bits per heavy atom. The molecule has 158 valence electrons. The van der Waals surface area contributed by atoms with Crippen LogP contribution in [0.4, 0.5) is 5.69 Å². The number of rotatable bonds is 6. The Balaban J connectivity index is 1.62. The fourth-order valence-corrected chi connectivity index (χ4v) is 3.00. The smallest absolute Gasteiger partial charge is 0.271 e. The molecule has 0 saturated heterocycles. The van der Waals surface area contributed by atoms with Crippen molar-refractivity contribution in [1.82, 2.24) is 15.2 Å². The second kappa shape index (κ2) is 8.92. The first-order chi connectivity index (χ1) is 15.5. The van der Waals surface area contributed by atoms with E-state index in [2.05, 4.69) is 15.6 Å². The van der Waals surface area contributed by atoms with Gasteiger partial charge in [0.1, 0.15) is 11.4 Å². The molecule has 9 heteroatoms. The molecule has 0 saturated carbocycles. The minimum absolute atomic E-state index is 0.0112. The maximum Gasteiger partial charge on any atom is 0.271 e. The Hall–Kier alpha value is -4.79. The van der Waals surface area contributed by atoms with E-state index in [-0.39, 0.29) is 11.4 Å². The number of hydrogen-bond donors (Lipinski definition) is 2. The SMILES string of the molecule is O=C(NN=Cc1cn(-c2ccc([N+](=O)[O-])cc2)nc1-c1ccccc1)c1ccc(O)cc1. The number of nitrogens with zero attached hydrogens (tertiary/aromatic N) is 4. The second-order valence-electron chi connectivity index (χ2n) is 6.76. The lowest BCUT2D eigenvalue weighted by Crippen LogP contribution is -2.17. The van der Waals surface area contributed by atoms with E-state index in [4.69, 9.17) is 0 Å². The molecule has 1 aromatic heterocycles. The summed E-state index contributed by atoms with van der Waals surface area (Å²) in [5, 5.41) is 28.9. The summed E-state index contributed by atoms with van der Waals surface area (Å²) < 4.78 is 1.59. The highest BCUT2D eigenvalue weighted by atomic mass is 16.6. The van der Waals surface area contributed by atoms with E-state index in [1.807, 2.05) is 30.3 Å². The molecule has 0 unspecified atom stereocenters. The van der Waals surface area contributed by atoms with Crippen LogP contribution < -0.4 is 5.43 Å². The van der Waals surface area contributed by atoms with Gasteiger partial charge in [-0.3, -0.25) is 14.9 Å². The minimum atomic E-state index is -0.461. The van der Waals surface area contributed by atoms with E-state index < -0.39 is 10.8 Å². The van der Waals surface area contributed by atoms with Gasteiger partial charge in [0.2, 0.25) is 0 Å². The monoisotopic (exact) mass is 427 g/mol. The summed E-state index contributed by atoms with van der Waals surface area (Å²) >= 11 is 0. The highest BCUT2D eigenvalue weighted by Crippen LogP contribution is 2.23. The third kappa shape index (κ3) is 4.51. The third-order valence-corrected chi connectivity index (χ3v) is 4.61. The van der Waals surface area contributed by atoms with E-state index in [1.165, 1.54) is 42.6 Å². The third-order valence-electron chi connectivity index (χ3n) is 4.61. The van der Waals surface area contributed by atoms with Crippen LogP contribution in [0.5, 0.6) is 5.75 Å². The lowest BCUT2D eigenvalue weighted by Gasteiger charge is -2.01. The maximum atomic E-state index is 12.2. The summed E-state index contributed by atoms with van der Waals surface area (Å²) in [6, 6.07) is 21.3. The van der Waals surface area contributed by atoms with Gasteiger partial charge in [-0.15, -0.1) is 0 Å². The minimum Gasteiger partial charge on any atom is -0.508 e. The summed E-state index contributed by atoms with van der Waals surface area (Å²) in [6.45, 7) is 0. The van der Waals surface area contributed by atoms with Crippen LogP contribution in [0.25, 0.3) is 16.9 Å². The topological polar surface area (TPSA) is 123 Å². The van der Waals surface area contributed by atoms with E-state index in [0.717, 1.165) is 5.56 Å². The second-order valence-corrected chi connectivity index (χ2v) is 6.76. The van der Waals surface area contributed by atoms with Crippen molar-refractivity contribution >= 4 is 17.8 Å². The van der Waals surface area contributed by atoms with Gasteiger partial charge in [-0.2, -0.15) is 10.2 Å². The number of carbonyl (C=O) groups is 1. The van der Waals surface area contributed by atoms with E-state index in [1.54, 1.807) is 23.0 Å². The predicted molar refractivity (Wildman–Crippen MR) is 119 cm³/mol.